The number of phenolic OH excluding ortho intramolecular Hbond substituents is 1. The van der Waals surface area contributed by atoms with Crippen LogP contribution in [-0.4, -0.2) is 19.7 Å². The number of fused-ring (bicyclic) bond motifs is 4. The summed E-state index contributed by atoms with van der Waals surface area (Å²) in [4.78, 5) is 7.80. The van der Waals surface area contributed by atoms with Gasteiger partial charge in [0.15, 0.2) is 7.28 Å². The topological polar surface area (TPSA) is 39.2 Å². The van der Waals surface area contributed by atoms with Crippen LogP contribution in [0.5, 0.6) is 17.2 Å². The molecule has 0 spiro atoms. The second-order valence-electron chi connectivity index (χ2n) is 16.9. The highest BCUT2D eigenvalue weighted by molar-refractivity contribution is 7.80. The summed E-state index contributed by atoms with van der Waals surface area (Å²) in [6.45, 7) is 0. The Labute approximate surface area is 403 Å². The zero-order valence-electron chi connectivity index (χ0n) is 36.8. The number of rotatable bonds is 9. The van der Waals surface area contributed by atoms with Crippen LogP contribution in [0.15, 0.2) is 241 Å². The molecule has 8 heteroatoms. The molecule has 68 heavy (non-hydrogen) atoms. The fourth-order valence-corrected chi connectivity index (χ4v) is 9.92. The van der Waals surface area contributed by atoms with E-state index in [9.17, 15) is 5.11 Å². The van der Waals surface area contributed by atoms with Gasteiger partial charge in [-0.3, -0.25) is 0 Å². The van der Waals surface area contributed by atoms with E-state index in [1.165, 1.54) is 0 Å². The fraction of sp³-hybridized carbons (Fsp3) is 0. The van der Waals surface area contributed by atoms with Crippen LogP contribution in [0.2, 0.25) is 0 Å². The molecule has 0 bridgehead atoms. The van der Waals surface area contributed by atoms with Crippen LogP contribution in [0.25, 0.3) is 22.3 Å². The lowest BCUT2D eigenvalue weighted by Gasteiger charge is -2.38. The summed E-state index contributed by atoms with van der Waals surface area (Å²) >= 11 is 5.07. The first kappa shape index (κ1) is 41.1. The first-order chi connectivity index (χ1) is 33.6. The molecule has 0 saturated heterocycles. The Kier molecular flexibility index (Phi) is 10.6. The van der Waals surface area contributed by atoms with Crippen LogP contribution < -0.4 is 41.3 Å². The summed E-state index contributed by atoms with van der Waals surface area (Å²) in [6.07, 6.45) is 0. The van der Waals surface area contributed by atoms with E-state index in [-0.39, 0.29) is 5.75 Å². The third kappa shape index (κ3) is 7.45. The molecule has 320 valence electrons. The lowest BCUT2D eigenvalue weighted by molar-refractivity contribution is 0.477. The van der Waals surface area contributed by atoms with Gasteiger partial charge in [-0.1, -0.05) is 139 Å². The van der Waals surface area contributed by atoms with Gasteiger partial charge in [0.05, 0.1) is 5.69 Å². The van der Waals surface area contributed by atoms with E-state index in [0.29, 0.717) is 5.75 Å². The number of hydrogen-bond donors (Lipinski definition) is 2. The van der Waals surface area contributed by atoms with Gasteiger partial charge in [-0.15, -0.1) is 12.6 Å². The van der Waals surface area contributed by atoms with Crippen LogP contribution in [0.1, 0.15) is 0 Å². The molecule has 0 unspecified atom stereocenters. The molecule has 0 atom stereocenters. The van der Waals surface area contributed by atoms with Crippen LogP contribution >= 0.6 is 12.6 Å². The molecular weight excluding hydrogens is 848 g/mol. The van der Waals surface area contributed by atoms with Crippen molar-refractivity contribution in [3.8, 4) is 39.5 Å². The summed E-state index contributed by atoms with van der Waals surface area (Å²) in [7, 11) is 4.52. The Bertz CT molecular complexity index is 3390. The Morgan fingerprint density at radius 2 is 0.853 bits per heavy atom. The fourth-order valence-electron chi connectivity index (χ4n) is 9.64. The van der Waals surface area contributed by atoms with Gasteiger partial charge in [0.2, 0.25) is 7.28 Å². The molecule has 10 aromatic carbocycles. The number of thiol groups is 1. The lowest BCUT2D eigenvalue weighted by atomic mass is 9.54. The maximum absolute atomic E-state index is 11.4. The monoisotopic (exact) mass is 889 g/mol. The van der Waals surface area contributed by atoms with Gasteiger partial charge in [-0.25, -0.2) is 0 Å². The van der Waals surface area contributed by atoms with Gasteiger partial charge < -0.3 is 24.5 Å². The number of anilines is 9. The molecule has 2 heterocycles. The van der Waals surface area contributed by atoms with E-state index in [0.717, 1.165) is 106 Å². The maximum Gasteiger partial charge on any atom is 0.202 e. The standard InChI is InChI=1S/C60H41B2N3O2S/c66-55-32-18-16-30-47(55)49-35-46(64(42-24-10-3-11-25-42)43-26-12-4-13-27-43)37-57-60(49)62-52-38-51-53(39-56(52)67-57)65(44-28-14-5-15-29-44)54-36-45(34-50(59(54)61-51)48-31-17-19-33-58(48)68)63(40-20-6-1-7-21-40)41-22-8-2-9-23-41/h1-39,66,68H. The third-order valence-corrected chi connectivity index (χ3v) is 13.1. The van der Waals surface area contributed by atoms with Gasteiger partial charge in [0.25, 0.3) is 0 Å². The highest BCUT2D eigenvalue weighted by Gasteiger charge is 2.33. The molecule has 10 aromatic rings. The predicted molar refractivity (Wildman–Crippen MR) is 287 cm³/mol. The van der Waals surface area contributed by atoms with Crippen molar-refractivity contribution in [2.24, 2.45) is 0 Å². The van der Waals surface area contributed by atoms with E-state index in [1.807, 2.05) is 36.4 Å². The number of phenols is 1. The normalized spacial score (nSPS) is 12.0. The molecular formula is C60H41B2N3O2S. The van der Waals surface area contributed by atoms with Crippen molar-refractivity contribution in [1.29, 1.82) is 0 Å². The average Bonchev–Trinajstić information content (AvgIpc) is 3.38. The quantitative estimate of drug-likeness (QED) is 0.112. The van der Waals surface area contributed by atoms with Crippen molar-refractivity contribution in [2.45, 2.75) is 4.90 Å². The molecule has 0 saturated carbocycles. The van der Waals surface area contributed by atoms with E-state index < -0.39 is 0 Å². The molecule has 0 fully saturated rings. The van der Waals surface area contributed by atoms with Crippen LogP contribution in [0, 0.1) is 0 Å². The van der Waals surface area contributed by atoms with Crippen molar-refractivity contribution < 1.29 is 9.84 Å². The van der Waals surface area contributed by atoms with Crippen LogP contribution in [0.3, 0.4) is 0 Å². The molecule has 5 nitrogen and oxygen atoms in total. The molecule has 0 aromatic heterocycles. The van der Waals surface area contributed by atoms with Crippen molar-refractivity contribution in [3.05, 3.63) is 237 Å². The van der Waals surface area contributed by atoms with Gasteiger partial charge in [-0.05, 0) is 124 Å². The third-order valence-electron chi connectivity index (χ3n) is 12.7. The minimum atomic E-state index is 0.195. The first-order valence-corrected chi connectivity index (χ1v) is 23.1. The van der Waals surface area contributed by atoms with Crippen molar-refractivity contribution in [3.63, 3.8) is 0 Å². The zero-order valence-corrected chi connectivity index (χ0v) is 37.7. The molecule has 2 radical (unpaired) electrons. The van der Waals surface area contributed by atoms with E-state index in [1.54, 1.807) is 6.07 Å². The van der Waals surface area contributed by atoms with Crippen molar-refractivity contribution >= 4 is 100 Å². The van der Waals surface area contributed by atoms with Gasteiger partial charge >= 0.3 is 0 Å². The van der Waals surface area contributed by atoms with Crippen molar-refractivity contribution in [2.75, 3.05) is 14.7 Å². The maximum atomic E-state index is 11.4. The summed E-state index contributed by atoms with van der Waals surface area (Å²) in [6, 6.07) is 81.5. The number of aromatic hydroxyl groups is 1. The Balaban J connectivity index is 1.06. The predicted octanol–water partition coefficient (Wildman–Crippen LogP) is 13.2. The Hall–Kier alpha value is -8.32. The molecule has 0 amide bonds. The van der Waals surface area contributed by atoms with Gasteiger partial charge in [-0.2, -0.15) is 0 Å². The Morgan fingerprint density at radius 1 is 0.382 bits per heavy atom. The number of ether oxygens (including phenoxy) is 1. The SMILES string of the molecule is Oc1ccccc1-c1cc(N(c2ccccc2)c2ccccc2)cc2c1[B]c1cc3c(cc1O2)N(c1ccccc1)c1cc(N(c2ccccc2)c2ccccc2)cc(-c2ccccc2S)c1[B]3. The van der Waals surface area contributed by atoms with E-state index >= 15 is 0 Å². The van der Waals surface area contributed by atoms with Gasteiger partial charge in [0.1, 0.15) is 17.2 Å². The summed E-state index contributed by atoms with van der Waals surface area (Å²) in [5, 5.41) is 11.4. The second kappa shape index (κ2) is 17.5. The number of benzene rings is 10. The Morgan fingerprint density at radius 3 is 1.41 bits per heavy atom. The molecule has 2 aliphatic heterocycles. The zero-order chi connectivity index (χ0) is 45.6. The van der Waals surface area contributed by atoms with Crippen LogP contribution in [-0.2, 0) is 0 Å². The molecule has 0 aliphatic carbocycles. The highest BCUT2D eigenvalue weighted by Crippen LogP contribution is 2.46. The minimum Gasteiger partial charge on any atom is -0.507 e. The first-order valence-electron chi connectivity index (χ1n) is 22.7. The largest absolute Gasteiger partial charge is 0.507 e. The van der Waals surface area contributed by atoms with E-state index in [4.69, 9.17) is 17.4 Å². The summed E-state index contributed by atoms with van der Waals surface area (Å²) in [5.41, 5.74) is 16.6. The minimum absolute atomic E-state index is 0.195. The number of para-hydroxylation sites is 6. The molecule has 1 N–H and O–H groups in total. The van der Waals surface area contributed by atoms with E-state index in [2.05, 4.69) is 223 Å². The lowest BCUT2D eigenvalue weighted by Crippen LogP contribution is -2.45. The number of nitrogens with zero attached hydrogens (tertiary/aromatic N) is 3. The highest BCUT2D eigenvalue weighted by atomic mass is 32.1. The second-order valence-corrected chi connectivity index (χ2v) is 17.4. The van der Waals surface area contributed by atoms with Gasteiger partial charge in [0, 0.05) is 68.1 Å². The number of hydrogen-bond acceptors (Lipinski definition) is 6. The summed E-state index contributed by atoms with van der Waals surface area (Å²) in [5.74, 6) is 1.61. The van der Waals surface area contributed by atoms with Crippen LogP contribution in [0.4, 0.5) is 51.2 Å². The average molecular weight is 890 g/mol. The summed E-state index contributed by atoms with van der Waals surface area (Å²) < 4.78 is 7.17. The smallest absolute Gasteiger partial charge is 0.202 e. The van der Waals surface area contributed by atoms with Crippen molar-refractivity contribution in [1.82, 2.24) is 0 Å². The molecule has 2 aliphatic rings. The molecule has 12 rings (SSSR count).